The fraction of sp³-hybridized carbons (Fsp3) is 0.395. The molecule has 0 saturated carbocycles. The molecule has 0 saturated heterocycles. The normalized spacial score (nSPS) is 13.7. The third-order valence-corrected chi connectivity index (χ3v) is 9.52. The Hall–Kier alpha value is -5.22. The average Bonchev–Trinajstić information content (AvgIpc) is 3.46. The first kappa shape index (κ1) is 40.5. The van der Waals surface area contributed by atoms with E-state index in [0.29, 0.717) is 13.0 Å². The van der Waals surface area contributed by atoms with Crippen molar-refractivity contribution in [1.82, 2.24) is 15.5 Å². The van der Waals surface area contributed by atoms with E-state index in [4.69, 9.17) is 9.47 Å². The van der Waals surface area contributed by atoms with Crippen molar-refractivity contribution in [2.75, 3.05) is 26.4 Å². The summed E-state index contributed by atoms with van der Waals surface area (Å²) in [7, 11) is 0. The highest BCUT2D eigenvalue weighted by Crippen LogP contribution is 2.44. The van der Waals surface area contributed by atoms with Crippen LogP contribution in [0.5, 0.6) is 0 Å². The van der Waals surface area contributed by atoms with Crippen LogP contribution < -0.4 is 10.6 Å². The first-order chi connectivity index (χ1) is 25.5. The summed E-state index contributed by atoms with van der Waals surface area (Å²) in [5.41, 5.74) is 4.75. The number of hydrogen-bond acceptors (Lipinski definition) is 7. The molecule has 0 aliphatic heterocycles. The minimum Gasteiger partial charge on any atom is -0.462 e. The maximum Gasteiger partial charge on any atom is 0.407 e. The van der Waals surface area contributed by atoms with E-state index in [1.54, 1.807) is 12.2 Å². The molecule has 3 N–H and O–H groups in total. The van der Waals surface area contributed by atoms with Crippen LogP contribution in [0.3, 0.4) is 0 Å². The van der Waals surface area contributed by atoms with Crippen LogP contribution in [-0.4, -0.2) is 72.3 Å². The molecule has 3 aromatic rings. The maximum absolute atomic E-state index is 13.7. The van der Waals surface area contributed by atoms with Gasteiger partial charge in [-0.1, -0.05) is 112 Å². The van der Waals surface area contributed by atoms with Crippen molar-refractivity contribution in [2.45, 2.75) is 71.0 Å². The Labute approximate surface area is 313 Å². The predicted molar refractivity (Wildman–Crippen MR) is 206 cm³/mol. The number of hydrogen-bond donors (Lipinski definition) is 3. The number of fused-ring (bicyclic) bond motifs is 3. The van der Waals surface area contributed by atoms with E-state index in [1.165, 1.54) is 4.90 Å². The predicted octanol–water partition coefficient (Wildman–Crippen LogP) is 6.54. The Bertz CT molecular complexity index is 1670. The number of allylic oxidation sites excluding steroid dienone is 2. The molecule has 1 aliphatic rings. The number of rotatable bonds is 19. The fourth-order valence-corrected chi connectivity index (χ4v) is 6.42. The van der Waals surface area contributed by atoms with Gasteiger partial charge in [0.1, 0.15) is 19.3 Å². The van der Waals surface area contributed by atoms with Gasteiger partial charge in [-0.2, -0.15) is 0 Å². The van der Waals surface area contributed by atoms with Crippen molar-refractivity contribution in [2.24, 2.45) is 11.3 Å². The quantitative estimate of drug-likeness (QED) is 0.0945. The summed E-state index contributed by atoms with van der Waals surface area (Å²) >= 11 is 0. The summed E-state index contributed by atoms with van der Waals surface area (Å²) in [4.78, 5) is 55.1. The van der Waals surface area contributed by atoms with Crippen LogP contribution in [0, 0.1) is 11.3 Å². The lowest BCUT2D eigenvalue weighted by atomic mass is 9.86. The molecule has 0 spiro atoms. The van der Waals surface area contributed by atoms with Gasteiger partial charge in [-0.3, -0.25) is 9.59 Å². The maximum atomic E-state index is 13.7. The van der Waals surface area contributed by atoms with Gasteiger partial charge in [0.25, 0.3) is 0 Å². The lowest BCUT2D eigenvalue weighted by molar-refractivity contribution is -0.148. The van der Waals surface area contributed by atoms with E-state index < -0.39 is 35.5 Å². The van der Waals surface area contributed by atoms with Crippen LogP contribution in [0.4, 0.5) is 4.79 Å². The highest BCUT2D eigenvalue weighted by Gasteiger charge is 2.34. The number of nitrogens with zero attached hydrogens (tertiary/aromatic N) is 1. The molecule has 282 valence electrons. The van der Waals surface area contributed by atoms with Crippen LogP contribution in [0.2, 0.25) is 0 Å². The van der Waals surface area contributed by atoms with Gasteiger partial charge in [0.2, 0.25) is 11.8 Å². The molecule has 0 heterocycles. The Balaban J connectivity index is 1.37. The van der Waals surface area contributed by atoms with Crippen LogP contribution in [0.15, 0.2) is 104 Å². The van der Waals surface area contributed by atoms with E-state index in [1.807, 2.05) is 87.5 Å². The molecule has 0 fully saturated rings. The molecule has 3 amide bonds. The minimum atomic E-state index is -1.01. The van der Waals surface area contributed by atoms with Crippen LogP contribution in [0.25, 0.3) is 11.1 Å². The van der Waals surface area contributed by atoms with E-state index in [-0.39, 0.29) is 63.4 Å². The molecule has 0 bridgehead atoms. The second kappa shape index (κ2) is 19.6. The molecular formula is C43H53N3O7. The number of carbonyl (C=O) groups excluding carboxylic acids is 4. The second-order valence-electron chi connectivity index (χ2n) is 14.4. The van der Waals surface area contributed by atoms with Gasteiger partial charge in [0, 0.05) is 25.4 Å². The monoisotopic (exact) mass is 723 g/mol. The number of aliphatic hydroxyl groups is 1. The van der Waals surface area contributed by atoms with Crippen molar-refractivity contribution in [3.63, 3.8) is 0 Å². The van der Waals surface area contributed by atoms with Crippen molar-refractivity contribution < 1.29 is 33.8 Å². The number of aliphatic hydroxyl groups excluding tert-OH is 1. The summed E-state index contributed by atoms with van der Waals surface area (Å²) in [5.74, 6) is -2.18. The number of benzene rings is 3. The largest absolute Gasteiger partial charge is 0.462 e. The van der Waals surface area contributed by atoms with Gasteiger partial charge in [-0.15, -0.1) is 13.2 Å². The van der Waals surface area contributed by atoms with Gasteiger partial charge in [0.05, 0.1) is 18.6 Å². The Morgan fingerprint density at radius 2 is 1.49 bits per heavy atom. The number of esters is 1. The molecule has 10 heteroatoms. The van der Waals surface area contributed by atoms with Gasteiger partial charge in [-0.25, -0.2) is 9.59 Å². The number of carbonyl (C=O) groups is 4. The van der Waals surface area contributed by atoms with Crippen LogP contribution in [-0.2, 0) is 30.4 Å². The first-order valence-corrected chi connectivity index (χ1v) is 18.2. The zero-order valence-electron chi connectivity index (χ0n) is 31.1. The average molecular weight is 724 g/mol. The highest BCUT2D eigenvalue weighted by atomic mass is 16.6. The summed E-state index contributed by atoms with van der Waals surface area (Å²) in [6, 6.07) is 23.9. The van der Waals surface area contributed by atoms with Gasteiger partial charge in [-0.05, 0) is 52.5 Å². The lowest BCUT2D eigenvalue weighted by Crippen LogP contribution is -2.51. The Morgan fingerprint density at radius 3 is 2.08 bits per heavy atom. The highest BCUT2D eigenvalue weighted by molar-refractivity contribution is 5.86. The van der Waals surface area contributed by atoms with Crippen molar-refractivity contribution in [1.29, 1.82) is 0 Å². The number of nitrogens with one attached hydrogen (secondary N) is 2. The molecule has 0 aromatic heterocycles. The fourth-order valence-electron chi connectivity index (χ4n) is 6.42. The third-order valence-electron chi connectivity index (χ3n) is 9.52. The Morgan fingerprint density at radius 1 is 0.868 bits per heavy atom. The molecule has 3 atom stereocenters. The Kier molecular flexibility index (Phi) is 15.0. The summed E-state index contributed by atoms with van der Waals surface area (Å²) in [5, 5.41) is 15.3. The molecule has 0 radical (unpaired) electrons. The molecule has 53 heavy (non-hydrogen) atoms. The zero-order valence-corrected chi connectivity index (χ0v) is 31.1. The SMILES string of the molecule is C=CCC[C@H](NC(=O)OCC1c2ccccc2-c2ccccc21)C(=O)OC[C@@H](NC(=O)[C@H](CC=C)CC(=O)N(CCO)Cc1ccccc1)C(C)(C)C. The van der Waals surface area contributed by atoms with Crippen molar-refractivity contribution >= 4 is 23.9 Å². The van der Waals surface area contributed by atoms with E-state index in [2.05, 4.69) is 35.9 Å². The molecule has 0 unspecified atom stereocenters. The molecular weight excluding hydrogens is 670 g/mol. The summed E-state index contributed by atoms with van der Waals surface area (Å²) < 4.78 is 11.4. The third kappa shape index (κ3) is 11.4. The molecule has 1 aliphatic carbocycles. The zero-order chi connectivity index (χ0) is 38.4. The van der Waals surface area contributed by atoms with Gasteiger partial charge >= 0.3 is 12.1 Å². The van der Waals surface area contributed by atoms with E-state index >= 15 is 0 Å². The topological polar surface area (TPSA) is 134 Å². The van der Waals surface area contributed by atoms with Crippen LogP contribution >= 0.6 is 0 Å². The number of ether oxygens (including phenoxy) is 2. The first-order valence-electron chi connectivity index (χ1n) is 18.2. The second-order valence-corrected chi connectivity index (χ2v) is 14.4. The van der Waals surface area contributed by atoms with Crippen molar-refractivity contribution in [3.05, 3.63) is 121 Å². The van der Waals surface area contributed by atoms with E-state index in [9.17, 15) is 24.3 Å². The van der Waals surface area contributed by atoms with Gasteiger partial charge < -0.3 is 30.1 Å². The van der Waals surface area contributed by atoms with Crippen LogP contribution in [0.1, 0.15) is 69.1 Å². The molecule has 10 nitrogen and oxygen atoms in total. The standard InChI is InChI=1S/C43H53N3O7/c1-6-8-23-37(44-42(51)53-28-36-34-21-14-12-19-32(34)33-20-13-15-22-35(33)36)41(50)52-29-38(43(3,4)5)45-40(49)31(16-7-2)26-39(48)46(24-25-47)27-30-17-10-9-11-18-30/h6-7,9-15,17-22,31,36-38,47H,1-2,8,16,23-29H2,3-5H3,(H,44,51)(H,45,49)/t31-,37+,38-/m1/s1. The molecule has 3 aromatic carbocycles. The van der Waals surface area contributed by atoms with Crippen molar-refractivity contribution in [3.8, 4) is 11.1 Å². The van der Waals surface area contributed by atoms with Gasteiger partial charge in [0.15, 0.2) is 0 Å². The number of amides is 3. The smallest absolute Gasteiger partial charge is 0.407 e. The number of alkyl carbamates (subject to hydrolysis) is 1. The molecule has 4 rings (SSSR count). The summed E-state index contributed by atoms with van der Waals surface area (Å²) in [6.07, 6.45) is 3.36. The minimum absolute atomic E-state index is 0.0883. The lowest BCUT2D eigenvalue weighted by Gasteiger charge is -2.33. The summed E-state index contributed by atoms with van der Waals surface area (Å²) in [6.45, 7) is 13.4. The van der Waals surface area contributed by atoms with E-state index in [0.717, 1.165) is 27.8 Å².